The van der Waals surface area contributed by atoms with Crippen LogP contribution in [-0.4, -0.2) is 38.7 Å². The molecule has 0 fully saturated rings. The van der Waals surface area contributed by atoms with Crippen molar-refractivity contribution in [3.8, 4) is 39.9 Å². The van der Waals surface area contributed by atoms with E-state index in [-0.39, 0.29) is 12.5 Å². The van der Waals surface area contributed by atoms with Crippen molar-refractivity contribution in [3.05, 3.63) is 42.6 Å². The highest BCUT2D eigenvalue weighted by molar-refractivity contribution is 7.46. The Kier molecular flexibility index (Phi) is 4.23. The molecule has 3 aromatic rings. The molecular formula is C16H14N3O7P. The molecule has 1 aliphatic heterocycles. The number of aromatic nitrogens is 3. The van der Waals surface area contributed by atoms with Gasteiger partial charge in [-0.25, -0.2) is 9.25 Å². The lowest BCUT2D eigenvalue weighted by atomic mass is 10.1. The van der Waals surface area contributed by atoms with Crippen LogP contribution in [0.2, 0.25) is 0 Å². The second-order valence-corrected chi connectivity index (χ2v) is 6.68. The molecule has 0 saturated heterocycles. The van der Waals surface area contributed by atoms with Crippen LogP contribution in [0.15, 0.2) is 42.6 Å². The van der Waals surface area contributed by atoms with Gasteiger partial charge in [-0.1, -0.05) is 5.21 Å². The molecule has 0 amide bonds. The van der Waals surface area contributed by atoms with Crippen LogP contribution in [0.5, 0.6) is 23.0 Å². The number of hydrogen-bond donors (Lipinski definition) is 2. The first-order valence-electron chi connectivity index (χ1n) is 7.69. The largest absolute Gasteiger partial charge is 0.524 e. The highest BCUT2D eigenvalue weighted by Gasteiger charge is 2.22. The van der Waals surface area contributed by atoms with E-state index in [1.165, 1.54) is 19.2 Å². The molecule has 140 valence electrons. The van der Waals surface area contributed by atoms with Gasteiger partial charge in [0.15, 0.2) is 11.5 Å². The van der Waals surface area contributed by atoms with Crippen LogP contribution in [0, 0.1) is 0 Å². The van der Waals surface area contributed by atoms with E-state index in [1.54, 1.807) is 35.1 Å². The summed E-state index contributed by atoms with van der Waals surface area (Å²) in [6, 6.07) is 9.69. The molecular weight excluding hydrogens is 377 g/mol. The lowest BCUT2D eigenvalue weighted by molar-refractivity contribution is 0.171. The molecule has 0 atom stereocenters. The van der Waals surface area contributed by atoms with E-state index in [1.807, 2.05) is 0 Å². The van der Waals surface area contributed by atoms with Gasteiger partial charge in [0.05, 0.1) is 24.7 Å². The molecule has 11 heteroatoms. The molecule has 2 aromatic carbocycles. The molecule has 0 bridgehead atoms. The van der Waals surface area contributed by atoms with Crippen molar-refractivity contribution >= 4 is 7.82 Å². The van der Waals surface area contributed by atoms with E-state index < -0.39 is 7.82 Å². The fourth-order valence-corrected chi connectivity index (χ4v) is 3.08. The van der Waals surface area contributed by atoms with Crippen LogP contribution in [0.25, 0.3) is 16.9 Å². The Bertz CT molecular complexity index is 1030. The van der Waals surface area contributed by atoms with Gasteiger partial charge in [0, 0.05) is 17.7 Å². The van der Waals surface area contributed by atoms with Gasteiger partial charge in [0.1, 0.15) is 5.75 Å². The van der Waals surface area contributed by atoms with Crippen LogP contribution in [0.3, 0.4) is 0 Å². The van der Waals surface area contributed by atoms with Gasteiger partial charge in [-0.15, -0.1) is 5.10 Å². The average molecular weight is 391 g/mol. The topological polar surface area (TPSA) is 125 Å². The first-order valence-corrected chi connectivity index (χ1v) is 9.22. The number of hydrogen-bond acceptors (Lipinski definition) is 7. The number of nitrogens with zero attached hydrogens (tertiary/aromatic N) is 3. The second kappa shape index (κ2) is 6.58. The number of phosphoric acid groups is 1. The smallest absolute Gasteiger partial charge is 0.493 e. The van der Waals surface area contributed by atoms with E-state index in [0.29, 0.717) is 28.6 Å². The molecule has 2 heterocycles. The van der Waals surface area contributed by atoms with Crippen molar-refractivity contribution in [2.45, 2.75) is 0 Å². The number of ether oxygens (including phenoxy) is 3. The minimum Gasteiger partial charge on any atom is -0.493 e. The summed E-state index contributed by atoms with van der Waals surface area (Å²) in [5.74, 6) is 1.63. The van der Waals surface area contributed by atoms with E-state index in [2.05, 4.69) is 14.8 Å². The zero-order valence-electron chi connectivity index (χ0n) is 14.0. The Morgan fingerprint density at radius 2 is 1.96 bits per heavy atom. The molecule has 10 nitrogen and oxygen atoms in total. The molecule has 0 radical (unpaired) electrons. The van der Waals surface area contributed by atoms with E-state index >= 15 is 0 Å². The highest BCUT2D eigenvalue weighted by Crippen LogP contribution is 2.43. The fourth-order valence-electron chi connectivity index (χ4n) is 2.68. The molecule has 0 saturated carbocycles. The van der Waals surface area contributed by atoms with Gasteiger partial charge in [-0.3, -0.25) is 9.79 Å². The summed E-state index contributed by atoms with van der Waals surface area (Å²) >= 11 is 0. The quantitative estimate of drug-likeness (QED) is 0.629. The van der Waals surface area contributed by atoms with E-state index in [9.17, 15) is 4.57 Å². The summed E-state index contributed by atoms with van der Waals surface area (Å²) < 4.78 is 33.2. The zero-order chi connectivity index (χ0) is 19.0. The molecule has 0 spiro atoms. The Labute approximate surface area is 153 Å². The lowest BCUT2D eigenvalue weighted by Gasteiger charge is -2.11. The Morgan fingerprint density at radius 3 is 2.67 bits per heavy atom. The Balaban J connectivity index is 1.71. The Morgan fingerprint density at radius 1 is 1.19 bits per heavy atom. The van der Waals surface area contributed by atoms with Crippen molar-refractivity contribution in [2.24, 2.45) is 0 Å². The Hall–Kier alpha value is -3.07. The molecule has 1 aromatic heterocycles. The maximum atomic E-state index is 10.9. The number of benzene rings is 2. The SMILES string of the molecule is COc1cc(-n2nncc2-c2ccc(OP(=O)(O)O)cc2)cc2c1OCO2. The van der Waals surface area contributed by atoms with Crippen molar-refractivity contribution < 1.29 is 33.1 Å². The first-order chi connectivity index (χ1) is 12.9. The molecule has 27 heavy (non-hydrogen) atoms. The number of phosphoric ester groups is 1. The van der Waals surface area contributed by atoms with Crippen LogP contribution >= 0.6 is 7.82 Å². The molecule has 4 rings (SSSR count). The monoisotopic (exact) mass is 391 g/mol. The van der Waals surface area contributed by atoms with Gasteiger partial charge >= 0.3 is 7.82 Å². The van der Waals surface area contributed by atoms with Crippen LogP contribution in [-0.2, 0) is 4.57 Å². The van der Waals surface area contributed by atoms with Crippen molar-refractivity contribution in [1.82, 2.24) is 15.0 Å². The van der Waals surface area contributed by atoms with Crippen LogP contribution in [0.4, 0.5) is 0 Å². The van der Waals surface area contributed by atoms with E-state index in [4.69, 9.17) is 24.0 Å². The van der Waals surface area contributed by atoms with Crippen LogP contribution < -0.4 is 18.7 Å². The summed E-state index contributed by atoms with van der Waals surface area (Å²) in [6.07, 6.45) is 1.57. The summed E-state index contributed by atoms with van der Waals surface area (Å²) in [6.45, 7) is 0.112. The maximum Gasteiger partial charge on any atom is 0.524 e. The highest BCUT2D eigenvalue weighted by atomic mass is 31.2. The summed E-state index contributed by atoms with van der Waals surface area (Å²) in [4.78, 5) is 17.7. The van der Waals surface area contributed by atoms with Crippen LogP contribution in [0.1, 0.15) is 0 Å². The molecule has 0 unspecified atom stereocenters. The number of methoxy groups -OCH3 is 1. The third kappa shape index (κ3) is 3.45. The molecule has 0 aliphatic carbocycles. The van der Waals surface area contributed by atoms with Gasteiger partial charge < -0.3 is 18.7 Å². The second-order valence-electron chi connectivity index (χ2n) is 5.52. The van der Waals surface area contributed by atoms with Gasteiger partial charge in [-0.2, -0.15) is 0 Å². The van der Waals surface area contributed by atoms with Crippen molar-refractivity contribution in [3.63, 3.8) is 0 Å². The molecule has 2 N–H and O–H groups in total. The number of rotatable bonds is 5. The van der Waals surface area contributed by atoms with Gasteiger partial charge in [-0.05, 0) is 24.3 Å². The number of fused-ring (bicyclic) bond motifs is 1. The summed E-state index contributed by atoms with van der Waals surface area (Å²) in [5.41, 5.74) is 2.02. The summed E-state index contributed by atoms with van der Waals surface area (Å²) in [5, 5.41) is 8.05. The van der Waals surface area contributed by atoms with E-state index in [0.717, 1.165) is 5.56 Å². The van der Waals surface area contributed by atoms with Crippen molar-refractivity contribution in [1.29, 1.82) is 0 Å². The third-order valence-electron chi connectivity index (χ3n) is 3.81. The minimum atomic E-state index is -4.61. The zero-order valence-corrected chi connectivity index (χ0v) is 14.9. The van der Waals surface area contributed by atoms with Gasteiger partial charge in [0.25, 0.3) is 0 Å². The normalized spacial score (nSPS) is 12.9. The predicted molar refractivity (Wildman–Crippen MR) is 92.1 cm³/mol. The van der Waals surface area contributed by atoms with Crippen molar-refractivity contribution in [2.75, 3.05) is 13.9 Å². The lowest BCUT2D eigenvalue weighted by Crippen LogP contribution is -2.00. The first kappa shape index (κ1) is 17.3. The maximum absolute atomic E-state index is 10.9. The fraction of sp³-hybridized carbons (Fsp3) is 0.125. The summed E-state index contributed by atoms with van der Waals surface area (Å²) in [7, 11) is -3.08. The predicted octanol–water partition coefficient (Wildman–Crippen LogP) is 2.14. The standard InChI is InChI=1S/C16H14N3O7P/c1-23-14-6-11(7-15-16(14)25-9-24-15)19-13(8-17-18-19)10-2-4-12(5-3-10)26-27(20,21)22/h2-8H,9H2,1H3,(H2,20,21,22). The van der Waals surface area contributed by atoms with Gasteiger partial charge in [0.2, 0.25) is 12.5 Å². The molecule has 1 aliphatic rings. The minimum absolute atomic E-state index is 0.0517. The average Bonchev–Trinajstić information content (AvgIpc) is 3.29. The third-order valence-corrected chi connectivity index (χ3v) is 4.26.